The van der Waals surface area contributed by atoms with E-state index in [2.05, 4.69) is 16.4 Å². The van der Waals surface area contributed by atoms with Crippen molar-refractivity contribution in [2.45, 2.75) is 18.8 Å². The Bertz CT molecular complexity index is 692. The Hall–Kier alpha value is -2.12. The smallest absolute Gasteiger partial charge is 0.134 e. The number of thiazole rings is 1. The summed E-state index contributed by atoms with van der Waals surface area (Å²) in [6, 6.07) is 9.91. The molecule has 3 nitrogen and oxygen atoms in total. The molecule has 100 valence electrons. The highest BCUT2D eigenvalue weighted by atomic mass is 32.1. The third-order valence-electron chi connectivity index (χ3n) is 3.27. The van der Waals surface area contributed by atoms with Crippen molar-refractivity contribution >= 4 is 23.0 Å². The Morgan fingerprint density at radius 2 is 2.35 bits per heavy atom. The van der Waals surface area contributed by atoms with Gasteiger partial charge in [-0.2, -0.15) is 5.26 Å². The zero-order valence-corrected chi connectivity index (χ0v) is 12.0. The van der Waals surface area contributed by atoms with Crippen LogP contribution in [0.25, 0.3) is 11.6 Å². The lowest BCUT2D eigenvalue weighted by atomic mass is 10.1. The Kier molecular flexibility index (Phi) is 3.53. The molecule has 0 bridgehead atoms. The van der Waals surface area contributed by atoms with Crippen LogP contribution in [-0.2, 0) is 0 Å². The van der Waals surface area contributed by atoms with Crippen molar-refractivity contribution in [2.75, 3.05) is 7.11 Å². The first-order chi connectivity index (χ1) is 9.80. The minimum Gasteiger partial charge on any atom is -0.497 e. The fourth-order valence-corrected chi connectivity index (χ4v) is 2.88. The van der Waals surface area contributed by atoms with E-state index in [4.69, 9.17) is 4.74 Å². The molecule has 0 aliphatic heterocycles. The third-order valence-corrected chi connectivity index (χ3v) is 4.17. The molecular formula is C16H14N2OS. The number of methoxy groups -OCH3 is 1. The van der Waals surface area contributed by atoms with E-state index in [0.29, 0.717) is 11.5 Å². The second-order valence-corrected chi connectivity index (χ2v) is 5.66. The van der Waals surface area contributed by atoms with Gasteiger partial charge in [0.15, 0.2) is 0 Å². The highest BCUT2D eigenvalue weighted by Crippen LogP contribution is 2.40. The lowest BCUT2D eigenvalue weighted by Gasteiger charge is -2.00. The molecule has 0 saturated heterocycles. The summed E-state index contributed by atoms with van der Waals surface area (Å²) in [5.41, 5.74) is 2.69. The summed E-state index contributed by atoms with van der Waals surface area (Å²) < 4.78 is 5.19. The van der Waals surface area contributed by atoms with Gasteiger partial charge in [0.25, 0.3) is 0 Å². The second kappa shape index (κ2) is 5.48. The van der Waals surface area contributed by atoms with E-state index < -0.39 is 0 Å². The molecule has 1 aromatic heterocycles. The van der Waals surface area contributed by atoms with Gasteiger partial charge in [0.2, 0.25) is 0 Å². The number of nitrogens with zero attached hydrogens (tertiary/aromatic N) is 2. The molecule has 0 atom stereocenters. The van der Waals surface area contributed by atoms with Crippen LogP contribution in [0.2, 0.25) is 0 Å². The predicted octanol–water partition coefficient (Wildman–Crippen LogP) is 4.09. The summed E-state index contributed by atoms with van der Waals surface area (Å²) in [4.78, 5) is 4.58. The van der Waals surface area contributed by atoms with Gasteiger partial charge in [-0.25, -0.2) is 4.98 Å². The summed E-state index contributed by atoms with van der Waals surface area (Å²) in [6.45, 7) is 0. The molecular weight excluding hydrogens is 268 g/mol. The molecule has 0 N–H and O–H groups in total. The molecule has 2 aromatic rings. The maximum atomic E-state index is 9.35. The van der Waals surface area contributed by atoms with Crippen LogP contribution in [0.3, 0.4) is 0 Å². The molecule has 20 heavy (non-hydrogen) atoms. The number of nitriles is 1. The molecule has 0 radical (unpaired) electrons. The van der Waals surface area contributed by atoms with Crippen molar-refractivity contribution < 1.29 is 4.74 Å². The largest absolute Gasteiger partial charge is 0.497 e. The molecule has 0 amide bonds. The highest BCUT2D eigenvalue weighted by Gasteiger charge is 2.26. The van der Waals surface area contributed by atoms with Crippen LogP contribution in [-0.4, -0.2) is 12.1 Å². The van der Waals surface area contributed by atoms with Gasteiger partial charge in [-0.1, -0.05) is 12.1 Å². The molecule has 4 heteroatoms. The van der Waals surface area contributed by atoms with Gasteiger partial charge in [-0.05, 0) is 36.6 Å². The zero-order valence-electron chi connectivity index (χ0n) is 11.2. The third kappa shape index (κ3) is 2.73. The van der Waals surface area contributed by atoms with Gasteiger partial charge in [0, 0.05) is 11.3 Å². The molecule has 0 unspecified atom stereocenters. The van der Waals surface area contributed by atoms with E-state index >= 15 is 0 Å². The number of benzene rings is 1. The molecule has 0 spiro atoms. The van der Waals surface area contributed by atoms with E-state index in [1.54, 1.807) is 18.4 Å². The van der Waals surface area contributed by atoms with Gasteiger partial charge in [-0.15, -0.1) is 11.3 Å². The maximum Gasteiger partial charge on any atom is 0.134 e. The van der Waals surface area contributed by atoms with E-state index in [-0.39, 0.29) is 0 Å². The fourth-order valence-electron chi connectivity index (χ4n) is 2.02. The summed E-state index contributed by atoms with van der Waals surface area (Å²) >= 11 is 1.55. The summed E-state index contributed by atoms with van der Waals surface area (Å²) in [6.07, 6.45) is 4.31. The second-order valence-electron chi connectivity index (χ2n) is 4.80. The van der Waals surface area contributed by atoms with Crippen LogP contribution in [0, 0.1) is 11.3 Å². The Morgan fingerprint density at radius 1 is 1.50 bits per heavy atom. The first-order valence-electron chi connectivity index (χ1n) is 6.52. The molecule has 1 aliphatic rings. The number of ether oxygens (including phenoxy) is 1. The highest BCUT2D eigenvalue weighted by molar-refractivity contribution is 7.11. The lowest BCUT2D eigenvalue weighted by molar-refractivity contribution is 0.414. The number of aromatic nitrogens is 1. The van der Waals surface area contributed by atoms with E-state index in [1.807, 2.05) is 30.3 Å². The minimum absolute atomic E-state index is 0.607. The van der Waals surface area contributed by atoms with Crippen molar-refractivity contribution in [2.24, 2.45) is 0 Å². The average Bonchev–Trinajstić information content (AvgIpc) is 3.23. The van der Waals surface area contributed by atoms with Crippen LogP contribution in [0.5, 0.6) is 5.75 Å². The monoisotopic (exact) mass is 282 g/mol. The lowest BCUT2D eigenvalue weighted by Crippen LogP contribution is -1.85. The van der Waals surface area contributed by atoms with Crippen molar-refractivity contribution in [3.05, 3.63) is 45.9 Å². The molecule has 1 heterocycles. The molecule has 1 aromatic carbocycles. The van der Waals surface area contributed by atoms with Gasteiger partial charge < -0.3 is 4.74 Å². The van der Waals surface area contributed by atoms with E-state index in [9.17, 15) is 5.26 Å². The Morgan fingerprint density at radius 3 is 3.05 bits per heavy atom. The number of allylic oxidation sites excluding steroid dienone is 1. The van der Waals surface area contributed by atoms with Crippen molar-refractivity contribution in [3.63, 3.8) is 0 Å². The van der Waals surface area contributed by atoms with Gasteiger partial charge in [0.1, 0.15) is 16.8 Å². The summed E-state index contributed by atoms with van der Waals surface area (Å²) in [5, 5.41) is 12.2. The van der Waals surface area contributed by atoms with E-state index in [0.717, 1.165) is 22.0 Å². The molecule has 1 fully saturated rings. The first kappa shape index (κ1) is 12.9. The van der Waals surface area contributed by atoms with Crippen molar-refractivity contribution in [3.8, 4) is 11.8 Å². The van der Waals surface area contributed by atoms with E-state index in [1.165, 1.54) is 12.8 Å². The van der Waals surface area contributed by atoms with Crippen LogP contribution in [0.15, 0.2) is 29.6 Å². The van der Waals surface area contributed by atoms with Crippen molar-refractivity contribution in [1.82, 2.24) is 4.98 Å². The SMILES string of the molecule is COc1cccc(C=C(C#N)c2nc(C3CC3)cs2)c1. The Labute approximate surface area is 122 Å². The van der Waals surface area contributed by atoms with Gasteiger partial charge in [0.05, 0.1) is 18.4 Å². The average molecular weight is 282 g/mol. The molecule has 1 saturated carbocycles. The van der Waals surface area contributed by atoms with Gasteiger partial charge in [-0.3, -0.25) is 0 Å². The van der Waals surface area contributed by atoms with Gasteiger partial charge >= 0.3 is 0 Å². The van der Waals surface area contributed by atoms with Crippen LogP contribution >= 0.6 is 11.3 Å². The number of rotatable bonds is 4. The van der Waals surface area contributed by atoms with Crippen LogP contribution < -0.4 is 4.74 Å². The minimum atomic E-state index is 0.607. The molecule has 3 rings (SSSR count). The van der Waals surface area contributed by atoms with Crippen LogP contribution in [0.1, 0.15) is 35.0 Å². The van der Waals surface area contributed by atoms with Crippen molar-refractivity contribution in [1.29, 1.82) is 5.26 Å². The summed E-state index contributed by atoms with van der Waals surface area (Å²) in [7, 11) is 1.64. The van der Waals surface area contributed by atoms with Crippen LogP contribution in [0.4, 0.5) is 0 Å². The molecule has 1 aliphatic carbocycles. The topological polar surface area (TPSA) is 45.9 Å². The zero-order chi connectivity index (χ0) is 13.9. The number of hydrogen-bond acceptors (Lipinski definition) is 4. The normalized spacial score (nSPS) is 14.9. The number of hydrogen-bond donors (Lipinski definition) is 0. The standard InChI is InChI=1S/C16H14N2OS/c1-19-14-4-2-3-11(8-14)7-13(9-17)16-18-15(10-20-16)12-5-6-12/h2-4,7-8,10,12H,5-6H2,1H3. The quantitative estimate of drug-likeness (QED) is 0.793. The maximum absolute atomic E-state index is 9.35. The fraction of sp³-hybridized carbons (Fsp3) is 0.250. The first-order valence-corrected chi connectivity index (χ1v) is 7.40. The Balaban J connectivity index is 1.91. The predicted molar refractivity (Wildman–Crippen MR) is 80.6 cm³/mol. The summed E-state index contributed by atoms with van der Waals surface area (Å²) in [5.74, 6) is 1.41.